The molecule has 24 heavy (non-hydrogen) atoms. The number of benzene rings is 1. The van der Waals surface area contributed by atoms with E-state index in [2.05, 4.69) is 5.32 Å². The maximum Gasteiger partial charge on any atom is 0.251 e. The molecule has 1 saturated heterocycles. The van der Waals surface area contributed by atoms with Crippen molar-refractivity contribution >= 4 is 27.3 Å². The number of carbonyl (C=O) groups excluding carboxylic acids is 1. The summed E-state index contributed by atoms with van der Waals surface area (Å²) in [6, 6.07) is 7.98. The van der Waals surface area contributed by atoms with Crippen molar-refractivity contribution in [3.63, 3.8) is 0 Å². The average molecular weight is 366 g/mol. The second-order valence-corrected chi connectivity index (χ2v) is 8.07. The van der Waals surface area contributed by atoms with Crippen LogP contribution in [0.5, 0.6) is 0 Å². The van der Waals surface area contributed by atoms with Gasteiger partial charge in [-0.05, 0) is 46.7 Å². The molecule has 1 aromatic carbocycles. The molecule has 6 nitrogen and oxygen atoms in total. The third-order valence-electron chi connectivity index (χ3n) is 3.76. The molecule has 1 N–H and O–H groups in total. The van der Waals surface area contributed by atoms with E-state index in [4.69, 9.17) is 4.74 Å². The first-order valence-electron chi connectivity index (χ1n) is 7.54. The molecule has 128 valence electrons. The van der Waals surface area contributed by atoms with Crippen LogP contribution in [0, 0.1) is 0 Å². The van der Waals surface area contributed by atoms with E-state index in [1.807, 2.05) is 16.8 Å². The number of nitrogens with zero attached hydrogens (tertiary/aromatic N) is 1. The van der Waals surface area contributed by atoms with Gasteiger partial charge in [0.2, 0.25) is 10.0 Å². The number of morpholine rings is 1. The fourth-order valence-electron chi connectivity index (χ4n) is 2.39. The number of sulfonamides is 1. The summed E-state index contributed by atoms with van der Waals surface area (Å²) in [5.74, 6) is -0.225. The van der Waals surface area contributed by atoms with Gasteiger partial charge >= 0.3 is 0 Å². The molecule has 2 heterocycles. The molecule has 1 aliphatic rings. The minimum Gasteiger partial charge on any atom is -0.379 e. The fourth-order valence-corrected chi connectivity index (χ4v) is 4.47. The van der Waals surface area contributed by atoms with Crippen LogP contribution < -0.4 is 5.32 Å². The van der Waals surface area contributed by atoms with Gasteiger partial charge in [0.05, 0.1) is 18.1 Å². The van der Waals surface area contributed by atoms with Gasteiger partial charge in [0.1, 0.15) is 0 Å². The first-order chi connectivity index (χ1) is 11.6. The first-order valence-corrected chi connectivity index (χ1v) is 9.93. The highest BCUT2D eigenvalue weighted by Gasteiger charge is 2.26. The van der Waals surface area contributed by atoms with Gasteiger partial charge in [0, 0.05) is 25.2 Å². The Labute approximate surface area is 145 Å². The monoisotopic (exact) mass is 366 g/mol. The maximum atomic E-state index is 12.5. The van der Waals surface area contributed by atoms with Gasteiger partial charge in [-0.3, -0.25) is 4.79 Å². The summed E-state index contributed by atoms with van der Waals surface area (Å²) in [5.41, 5.74) is 1.48. The van der Waals surface area contributed by atoms with E-state index < -0.39 is 10.0 Å². The smallest absolute Gasteiger partial charge is 0.251 e. The topological polar surface area (TPSA) is 75.7 Å². The van der Waals surface area contributed by atoms with Crippen LogP contribution in [0.2, 0.25) is 0 Å². The third kappa shape index (κ3) is 3.84. The molecule has 1 amide bonds. The molecule has 1 aromatic heterocycles. The highest BCUT2D eigenvalue weighted by molar-refractivity contribution is 7.89. The second-order valence-electron chi connectivity index (χ2n) is 5.36. The quantitative estimate of drug-likeness (QED) is 0.874. The van der Waals surface area contributed by atoms with Crippen molar-refractivity contribution in [2.75, 3.05) is 26.3 Å². The Hall–Kier alpha value is -1.74. The van der Waals surface area contributed by atoms with Gasteiger partial charge in [-0.25, -0.2) is 8.42 Å². The summed E-state index contributed by atoms with van der Waals surface area (Å²) in [6.45, 7) is 1.97. The van der Waals surface area contributed by atoms with Crippen LogP contribution in [0.3, 0.4) is 0 Å². The van der Waals surface area contributed by atoms with Crippen LogP contribution in [0.1, 0.15) is 15.9 Å². The Balaban J connectivity index is 1.67. The van der Waals surface area contributed by atoms with Crippen LogP contribution in [0.4, 0.5) is 0 Å². The average Bonchev–Trinajstić information content (AvgIpc) is 3.14. The van der Waals surface area contributed by atoms with Crippen molar-refractivity contribution in [1.29, 1.82) is 0 Å². The van der Waals surface area contributed by atoms with Gasteiger partial charge in [0.15, 0.2) is 0 Å². The number of ether oxygens (including phenoxy) is 1. The molecule has 0 atom stereocenters. The van der Waals surface area contributed by atoms with Crippen molar-refractivity contribution in [3.05, 3.63) is 52.2 Å². The number of amides is 1. The highest BCUT2D eigenvalue weighted by atomic mass is 32.2. The molecule has 0 bridgehead atoms. The van der Waals surface area contributed by atoms with E-state index in [-0.39, 0.29) is 10.8 Å². The Kier molecular flexibility index (Phi) is 5.30. The number of hydrogen-bond acceptors (Lipinski definition) is 5. The molecular formula is C16H18N2O4S2. The lowest BCUT2D eigenvalue weighted by molar-refractivity contribution is 0.0730. The Bertz CT molecular complexity index is 780. The van der Waals surface area contributed by atoms with E-state index in [0.29, 0.717) is 38.4 Å². The molecule has 1 fully saturated rings. The Morgan fingerprint density at radius 2 is 1.88 bits per heavy atom. The summed E-state index contributed by atoms with van der Waals surface area (Å²) in [6.07, 6.45) is 0. The lowest BCUT2D eigenvalue weighted by Gasteiger charge is -2.26. The zero-order valence-electron chi connectivity index (χ0n) is 13.0. The van der Waals surface area contributed by atoms with E-state index in [0.717, 1.165) is 5.56 Å². The predicted molar refractivity (Wildman–Crippen MR) is 91.5 cm³/mol. The van der Waals surface area contributed by atoms with Crippen LogP contribution in [0.15, 0.2) is 46.0 Å². The van der Waals surface area contributed by atoms with Crippen molar-refractivity contribution in [3.8, 4) is 0 Å². The fraction of sp³-hybridized carbons (Fsp3) is 0.312. The molecule has 0 unspecified atom stereocenters. The zero-order valence-corrected chi connectivity index (χ0v) is 14.6. The second kappa shape index (κ2) is 7.43. The van der Waals surface area contributed by atoms with Crippen LogP contribution in [-0.2, 0) is 21.3 Å². The third-order valence-corrected chi connectivity index (χ3v) is 6.40. The van der Waals surface area contributed by atoms with E-state index in [1.54, 1.807) is 11.3 Å². The van der Waals surface area contributed by atoms with Crippen molar-refractivity contribution in [2.45, 2.75) is 11.4 Å². The summed E-state index contributed by atoms with van der Waals surface area (Å²) in [5, 5.41) is 6.74. The summed E-state index contributed by atoms with van der Waals surface area (Å²) in [4.78, 5) is 12.3. The summed E-state index contributed by atoms with van der Waals surface area (Å²) in [7, 11) is -3.53. The van der Waals surface area contributed by atoms with Crippen LogP contribution in [0.25, 0.3) is 0 Å². The van der Waals surface area contributed by atoms with Crippen molar-refractivity contribution in [2.24, 2.45) is 0 Å². The number of hydrogen-bond donors (Lipinski definition) is 1. The summed E-state index contributed by atoms with van der Waals surface area (Å²) < 4.78 is 31.6. The predicted octanol–water partition coefficient (Wildman–Crippen LogP) is 1.70. The zero-order chi connectivity index (χ0) is 17.0. The molecular weight excluding hydrogens is 348 g/mol. The standard InChI is InChI=1S/C16H18N2O4S2/c19-16(17-11-13-5-10-23-12-13)14-1-3-15(4-2-14)24(20,21)18-6-8-22-9-7-18/h1-5,10,12H,6-9,11H2,(H,17,19). The molecule has 0 aliphatic carbocycles. The normalized spacial score (nSPS) is 16.0. The van der Waals surface area contributed by atoms with Gasteiger partial charge in [-0.2, -0.15) is 15.6 Å². The Morgan fingerprint density at radius 3 is 2.50 bits per heavy atom. The van der Waals surface area contributed by atoms with Crippen molar-refractivity contribution < 1.29 is 17.9 Å². The largest absolute Gasteiger partial charge is 0.379 e. The number of nitrogens with one attached hydrogen (secondary N) is 1. The molecule has 3 rings (SSSR count). The highest BCUT2D eigenvalue weighted by Crippen LogP contribution is 2.17. The lowest BCUT2D eigenvalue weighted by atomic mass is 10.2. The maximum absolute atomic E-state index is 12.5. The lowest BCUT2D eigenvalue weighted by Crippen LogP contribution is -2.40. The SMILES string of the molecule is O=C(NCc1ccsc1)c1ccc(S(=O)(=O)N2CCOCC2)cc1. The number of thiophene rings is 1. The summed E-state index contributed by atoms with van der Waals surface area (Å²) >= 11 is 1.57. The van der Waals surface area contributed by atoms with Gasteiger partial charge in [-0.1, -0.05) is 0 Å². The number of carbonyl (C=O) groups is 1. The minimum absolute atomic E-state index is 0.193. The van der Waals surface area contributed by atoms with Crippen LogP contribution in [-0.4, -0.2) is 44.9 Å². The first kappa shape index (κ1) is 17.1. The van der Waals surface area contributed by atoms with Gasteiger partial charge in [0.25, 0.3) is 5.91 Å². The van der Waals surface area contributed by atoms with Gasteiger partial charge in [-0.15, -0.1) is 0 Å². The van der Waals surface area contributed by atoms with Crippen molar-refractivity contribution in [1.82, 2.24) is 9.62 Å². The molecule has 8 heteroatoms. The Morgan fingerprint density at radius 1 is 1.17 bits per heavy atom. The minimum atomic E-state index is -3.53. The molecule has 2 aromatic rings. The van der Waals surface area contributed by atoms with E-state index >= 15 is 0 Å². The van der Waals surface area contributed by atoms with E-state index in [1.165, 1.54) is 28.6 Å². The van der Waals surface area contributed by atoms with E-state index in [9.17, 15) is 13.2 Å². The van der Waals surface area contributed by atoms with Gasteiger partial charge < -0.3 is 10.1 Å². The molecule has 0 saturated carbocycles. The molecule has 0 radical (unpaired) electrons. The molecule has 1 aliphatic heterocycles. The number of rotatable bonds is 5. The molecule has 0 spiro atoms. The van der Waals surface area contributed by atoms with Crippen LogP contribution >= 0.6 is 11.3 Å².